The minimum absolute atomic E-state index is 0.0559. The second kappa shape index (κ2) is 3.25. The van der Waals surface area contributed by atoms with E-state index in [1.807, 2.05) is 13.8 Å². The molecule has 0 saturated heterocycles. The van der Waals surface area contributed by atoms with Gasteiger partial charge in [-0.05, 0) is 16.5 Å². The van der Waals surface area contributed by atoms with Crippen LogP contribution in [0.1, 0.15) is 31.0 Å². The molecule has 13 heavy (non-hydrogen) atoms. The van der Waals surface area contributed by atoms with Crippen molar-refractivity contribution in [2.45, 2.75) is 25.9 Å². The second-order valence-electron chi connectivity index (χ2n) is 3.07. The van der Waals surface area contributed by atoms with Crippen molar-refractivity contribution in [3.8, 4) is 0 Å². The molecule has 0 aromatic carbocycles. The van der Waals surface area contributed by atoms with Crippen LogP contribution in [0.2, 0.25) is 0 Å². The summed E-state index contributed by atoms with van der Waals surface area (Å²) < 4.78 is 36.4. The lowest BCUT2D eigenvalue weighted by atomic mass is 10.0. The van der Waals surface area contributed by atoms with E-state index in [0.717, 1.165) is 6.07 Å². The van der Waals surface area contributed by atoms with Gasteiger partial charge in [0.2, 0.25) is 0 Å². The van der Waals surface area contributed by atoms with E-state index < -0.39 is 11.9 Å². The quantitative estimate of drug-likeness (QED) is 0.659. The van der Waals surface area contributed by atoms with E-state index in [9.17, 15) is 13.2 Å². The molecule has 0 unspecified atom stereocenters. The standard InChI is InChI=1S/C9H9F3N/c1-6(2)7-3-4-13-8(5-7)9(10,11)12/h3,5-6H,1-2H3/q+1. The van der Waals surface area contributed by atoms with Crippen LogP contribution in [0.15, 0.2) is 12.1 Å². The SMILES string of the molecule is CC(C)c1cc#[n+]c(C(F)(F)F)c1. The zero-order valence-corrected chi connectivity index (χ0v) is 7.31. The summed E-state index contributed by atoms with van der Waals surface area (Å²) in [4.78, 5) is 3.14. The third kappa shape index (κ3) is 2.35. The third-order valence-corrected chi connectivity index (χ3v) is 1.68. The first-order valence-corrected chi connectivity index (χ1v) is 3.86. The molecule has 1 heterocycles. The van der Waals surface area contributed by atoms with E-state index >= 15 is 0 Å². The van der Waals surface area contributed by atoms with Crippen molar-refractivity contribution in [2.75, 3.05) is 0 Å². The number of rotatable bonds is 1. The van der Waals surface area contributed by atoms with Crippen LogP contribution in [0.5, 0.6) is 0 Å². The summed E-state index contributed by atoms with van der Waals surface area (Å²) in [6.07, 6.45) is -2.13. The van der Waals surface area contributed by atoms with Crippen molar-refractivity contribution in [3.05, 3.63) is 29.6 Å². The Morgan fingerprint density at radius 2 is 2.00 bits per heavy atom. The summed E-state index contributed by atoms with van der Waals surface area (Å²) in [5.74, 6) is 0.0559. The van der Waals surface area contributed by atoms with Crippen molar-refractivity contribution in [1.82, 2.24) is 0 Å². The Morgan fingerprint density at radius 3 is 2.46 bits per heavy atom. The number of halogens is 3. The maximum absolute atomic E-state index is 12.1. The topological polar surface area (TPSA) is 14.1 Å². The van der Waals surface area contributed by atoms with Crippen LogP contribution in [0.4, 0.5) is 13.2 Å². The second-order valence-corrected chi connectivity index (χ2v) is 3.07. The van der Waals surface area contributed by atoms with Gasteiger partial charge in [-0.25, -0.2) is 0 Å². The van der Waals surface area contributed by atoms with Crippen LogP contribution in [0.3, 0.4) is 0 Å². The van der Waals surface area contributed by atoms with Crippen LogP contribution >= 0.6 is 0 Å². The minimum atomic E-state index is -4.37. The molecule has 1 rings (SSSR count). The maximum Gasteiger partial charge on any atom is 0.496 e. The molecule has 0 fully saturated rings. The van der Waals surface area contributed by atoms with Crippen molar-refractivity contribution in [2.24, 2.45) is 0 Å². The van der Waals surface area contributed by atoms with E-state index in [1.54, 1.807) is 0 Å². The molecule has 0 radical (unpaired) electrons. The molecule has 0 aliphatic carbocycles. The van der Waals surface area contributed by atoms with Gasteiger partial charge in [-0.2, -0.15) is 13.2 Å². The first kappa shape index (κ1) is 9.85. The molecule has 0 atom stereocenters. The molecule has 1 aromatic rings. The van der Waals surface area contributed by atoms with Crippen LogP contribution in [0.25, 0.3) is 0 Å². The van der Waals surface area contributed by atoms with Gasteiger partial charge >= 0.3 is 18.1 Å². The van der Waals surface area contributed by atoms with Gasteiger partial charge in [0.25, 0.3) is 0 Å². The average molecular weight is 188 g/mol. The van der Waals surface area contributed by atoms with Crippen molar-refractivity contribution in [1.29, 1.82) is 0 Å². The maximum atomic E-state index is 12.1. The van der Waals surface area contributed by atoms with Crippen LogP contribution in [0, 0.1) is 6.20 Å². The highest BCUT2D eigenvalue weighted by Crippen LogP contribution is 2.26. The fraction of sp³-hybridized carbons (Fsp3) is 0.444. The summed E-state index contributed by atoms with van der Waals surface area (Å²) in [7, 11) is 0. The molecule has 0 saturated carbocycles. The Balaban J connectivity index is 3.06. The highest BCUT2D eigenvalue weighted by Gasteiger charge is 2.42. The largest absolute Gasteiger partial charge is 0.496 e. The highest BCUT2D eigenvalue weighted by atomic mass is 19.4. The molecule has 0 aliphatic rings. The van der Waals surface area contributed by atoms with Gasteiger partial charge in [0.1, 0.15) is 0 Å². The molecule has 0 amide bonds. The monoisotopic (exact) mass is 188 g/mol. The predicted octanol–water partition coefficient (Wildman–Crippen LogP) is 2.23. The molecule has 1 aromatic heterocycles. The smallest absolute Gasteiger partial charge is 0.160 e. The lowest BCUT2D eigenvalue weighted by Crippen LogP contribution is -2.16. The Kier molecular flexibility index (Phi) is 2.46. The van der Waals surface area contributed by atoms with Crippen molar-refractivity contribution in [3.63, 3.8) is 0 Å². The number of hydrogen-bond donors (Lipinski definition) is 0. The highest BCUT2D eigenvalue weighted by molar-refractivity contribution is 5.16. The average Bonchev–Trinajstić information content (AvgIpc) is 2.03. The van der Waals surface area contributed by atoms with Gasteiger partial charge in [-0.3, -0.25) is 0 Å². The van der Waals surface area contributed by atoms with E-state index in [-0.39, 0.29) is 5.92 Å². The first-order valence-electron chi connectivity index (χ1n) is 3.86. The van der Waals surface area contributed by atoms with Gasteiger partial charge < -0.3 is 0 Å². The zero-order valence-electron chi connectivity index (χ0n) is 7.31. The molecular weight excluding hydrogens is 179 g/mol. The Morgan fingerprint density at radius 1 is 1.38 bits per heavy atom. The van der Waals surface area contributed by atoms with Gasteiger partial charge in [0.15, 0.2) is 0 Å². The fourth-order valence-electron chi connectivity index (χ4n) is 0.887. The van der Waals surface area contributed by atoms with Crippen LogP contribution in [-0.2, 0) is 6.18 Å². The normalized spacial score (nSPS) is 11.5. The molecule has 0 N–H and O–H groups in total. The Bertz CT molecular complexity index is 291. The number of nitrogens with zero attached hydrogens (tertiary/aromatic N) is 1. The van der Waals surface area contributed by atoms with Gasteiger partial charge in [-0.15, -0.1) is 0 Å². The molecular formula is C9H9F3N+. The van der Waals surface area contributed by atoms with Gasteiger partial charge in [0.05, 0.1) is 6.07 Å². The number of hydrogen-bond acceptors (Lipinski definition) is 0. The minimum Gasteiger partial charge on any atom is -0.160 e. The van der Waals surface area contributed by atoms with Gasteiger partial charge in [0, 0.05) is 6.07 Å². The summed E-state index contributed by atoms with van der Waals surface area (Å²) in [5.41, 5.74) is -0.277. The summed E-state index contributed by atoms with van der Waals surface area (Å²) in [5, 5.41) is 0. The van der Waals surface area contributed by atoms with E-state index in [4.69, 9.17) is 0 Å². The third-order valence-electron chi connectivity index (χ3n) is 1.68. The summed E-state index contributed by atoms with van der Waals surface area (Å²) in [6, 6.07) is 2.53. The fourth-order valence-corrected chi connectivity index (χ4v) is 0.887. The molecule has 4 heteroatoms. The lowest BCUT2D eigenvalue weighted by molar-refractivity contribution is -0.359. The zero-order chi connectivity index (χ0) is 10.1. The number of alkyl halides is 3. The van der Waals surface area contributed by atoms with E-state index in [0.29, 0.717) is 5.56 Å². The van der Waals surface area contributed by atoms with Crippen LogP contribution in [-0.4, -0.2) is 0 Å². The first-order chi connectivity index (χ1) is 5.91. The molecule has 70 valence electrons. The molecule has 0 spiro atoms. The van der Waals surface area contributed by atoms with Crippen molar-refractivity contribution < 1.29 is 18.2 Å². The van der Waals surface area contributed by atoms with Gasteiger partial charge in [-0.1, -0.05) is 13.8 Å². The summed E-state index contributed by atoms with van der Waals surface area (Å²) >= 11 is 0. The number of aromatic nitrogens is 1. The molecule has 0 aliphatic heterocycles. The van der Waals surface area contributed by atoms with Crippen molar-refractivity contribution >= 4 is 0 Å². The molecule has 0 bridgehead atoms. The Labute approximate surface area is 74.6 Å². The van der Waals surface area contributed by atoms with E-state index in [1.165, 1.54) is 6.07 Å². The predicted molar refractivity (Wildman–Crippen MR) is 40.0 cm³/mol. The molecule has 1 nitrogen and oxygen atoms in total. The van der Waals surface area contributed by atoms with Crippen LogP contribution < -0.4 is 4.98 Å². The van der Waals surface area contributed by atoms with E-state index in [2.05, 4.69) is 11.2 Å². The lowest BCUT2D eigenvalue weighted by Gasteiger charge is -2.00. The summed E-state index contributed by atoms with van der Waals surface area (Å²) in [6.45, 7) is 3.65. The Hall–Kier alpha value is -1.24.